The molecule has 18 heavy (non-hydrogen) atoms. The number of rotatable bonds is 4. The predicted molar refractivity (Wildman–Crippen MR) is 71.5 cm³/mol. The third-order valence-corrected chi connectivity index (χ3v) is 4.48. The van der Waals surface area contributed by atoms with Gasteiger partial charge in [0.1, 0.15) is 10.7 Å². The van der Waals surface area contributed by atoms with E-state index in [-0.39, 0.29) is 4.90 Å². The molecule has 0 saturated carbocycles. The molecule has 1 N–H and O–H groups in total. The van der Waals surface area contributed by atoms with Gasteiger partial charge in [-0.3, -0.25) is 0 Å². The van der Waals surface area contributed by atoms with Crippen LogP contribution in [0.2, 0.25) is 0 Å². The molecule has 1 aromatic rings. The van der Waals surface area contributed by atoms with Gasteiger partial charge in [0.15, 0.2) is 9.84 Å². The first-order valence-electron chi connectivity index (χ1n) is 6.07. The van der Waals surface area contributed by atoms with Crippen molar-refractivity contribution in [2.75, 3.05) is 31.7 Å². The van der Waals surface area contributed by atoms with Crippen LogP contribution in [0.4, 0.5) is 5.82 Å². The van der Waals surface area contributed by atoms with Crippen LogP contribution in [0.3, 0.4) is 0 Å². The summed E-state index contributed by atoms with van der Waals surface area (Å²) in [6, 6.07) is 3.69. The largest absolute Gasteiger partial charge is 0.367 e. The Morgan fingerprint density at radius 1 is 1.56 bits per heavy atom. The Labute approximate surface area is 108 Å². The molecule has 1 aliphatic heterocycles. The number of nitrogens with zero attached hydrogens (tertiary/aromatic N) is 2. The molecule has 1 aliphatic rings. The molecule has 0 radical (unpaired) electrons. The van der Waals surface area contributed by atoms with Crippen LogP contribution in [0.5, 0.6) is 0 Å². The number of aromatic nitrogens is 1. The Morgan fingerprint density at radius 2 is 2.33 bits per heavy atom. The van der Waals surface area contributed by atoms with E-state index in [0.717, 1.165) is 19.5 Å². The maximum atomic E-state index is 11.6. The minimum atomic E-state index is -3.23. The van der Waals surface area contributed by atoms with E-state index in [4.69, 9.17) is 0 Å². The van der Waals surface area contributed by atoms with Gasteiger partial charge in [0.05, 0.1) is 0 Å². The van der Waals surface area contributed by atoms with Crippen LogP contribution in [-0.2, 0) is 9.84 Å². The molecule has 100 valence electrons. The third-order valence-electron chi connectivity index (χ3n) is 3.35. The Bertz CT molecular complexity index is 516. The monoisotopic (exact) mass is 269 g/mol. The fourth-order valence-electron chi connectivity index (χ4n) is 2.27. The fraction of sp³-hybridized carbons (Fsp3) is 0.583. The van der Waals surface area contributed by atoms with Crippen LogP contribution < -0.4 is 5.32 Å². The highest BCUT2D eigenvalue weighted by Gasteiger charge is 2.21. The van der Waals surface area contributed by atoms with Gasteiger partial charge in [0.2, 0.25) is 0 Å². The maximum absolute atomic E-state index is 11.6. The van der Waals surface area contributed by atoms with Crippen molar-refractivity contribution < 1.29 is 8.42 Å². The zero-order valence-corrected chi connectivity index (χ0v) is 11.6. The van der Waals surface area contributed by atoms with Gasteiger partial charge in [-0.15, -0.1) is 0 Å². The molecule has 1 saturated heterocycles. The number of hydrogen-bond donors (Lipinski definition) is 1. The molecule has 6 heteroatoms. The van der Waals surface area contributed by atoms with Crippen LogP contribution in [0.15, 0.2) is 23.2 Å². The molecule has 2 rings (SSSR count). The second kappa shape index (κ2) is 5.24. The summed E-state index contributed by atoms with van der Waals surface area (Å²) >= 11 is 0. The van der Waals surface area contributed by atoms with Crippen molar-refractivity contribution in [3.05, 3.63) is 18.3 Å². The lowest BCUT2D eigenvalue weighted by molar-refractivity contribution is 0.322. The Hall–Kier alpha value is -1.14. The van der Waals surface area contributed by atoms with Gasteiger partial charge >= 0.3 is 0 Å². The Morgan fingerprint density at radius 3 is 2.94 bits per heavy atom. The van der Waals surface area contributed by atoms with Crippen molar-refractivity contribution >= 4 is 15.7 Å². The quantitative estimate of drug-likeness (QED) is 0.883. The van der Waals surface area contributed by atoms with Gasteiger partial charge in [-0.2, -0.15) is 0 Å². The van der Waals surface area contributed by atoms with Crippen molar-refractivity contribution in [2.24, 2.45) is 0 Å². The third kappa shape index (κ3) is 3.00. The topological polar surface area (TPSA) is 62.3 Å². The minimum absolute atomic E-state index is 0.269. The molecule has 1 atom stereocenters. The molecule has 1 aromatic heterocycles. The summed E-state index contributed by atoms with van der Waals surface area (Å²) in [6.45, 7) is 1.84. The summed E-state index contributed by atoms with van der Waals surface area (Å²) in [5, 5.41) is 3.16. The molecule has 1 unspecified atom stereocenters. The highest BCUT2D eigenvalue weighted by molar-refractivity contribution is 7.90. The van der Waals surface area contributed by atoms with Crippen LogP contribution >= 0.6 is 0 Å². The summed E-state index contributed by atoms with van der Waals surface area (Å²) in [5.74, 6) is 0.459. The van der Waals surface area contributed by atoms with Crippen molar-refractivity contribution in [3.8, 4) is 0 Å². The summed E-state index contributed by atoms with van der Waals surface area (Å²) in [5.41, 5.74) is 0. The molecule has 1 fully saturated rings. The van der Waals surface area contributed by atoms with E-state index in [2.05, 4.69) is 22.2 Å². The van der Waals surface area contributed by atoms with E-state index in [1.807, 2.05) is 0 Å². The number of nitrogens with one attached hydrogen (secondary N) is 1. The maximum Gasteiger partial charge on any atom is 0.179 e. The number of likely N-dealkylation sites (N-methyl/N-ethyl adjacent to an activating group) is 1. The van der Waals surface area contributed by atoms with Gasteiger partial charge in [0, 0.05) is 25.0 Å². The molecular weight excluding hydrogens is 250 g/mol. The van der Waals surface area contributed by atoms with E-state index in [0.29, 0.717) is 11.9 Å². The van der Waals surface area contributed by atoms with Crippen LogP contribution in [0.25, 0.3) is 0 Å². The zero-order valence-electron chi connectivity index (χ0n) is 10.8. The second-order valence-corrected chi connectivity index (χ2v) is 6.76. The van der Waals surface area contributed by atoms with E-state index in [1.165, 1.54) is 12.7 Å². The van der Waals surface area contributed by atoms with Crippen LogP contribution in [0, 0.1) is 0 Å². The molecule has 5 nitrogen and oxygen atoms in total. The van der Waals surface area contributed by atoms with Gasteiger partial charge in [-0.1, -0.05) is 0 Å². The fourth-order valence-corrected chi connectivity index (χ4v) is 3.08. The lowest BCUT2D eigenvalue weighted by Crippen LogP contribution is -2.32. The lowest BCUT2D eigenvalue weighted by atomic mass is 10.2. The SMILES string of the molecule is CN1CCCC1CNc1ncccc1S(C)(=O)=O. The van der Waals surface area contributed by atoms with Gasteiger partial charge < -0.3 is 10.2 Å². The standard InChI is InChI=1S/C12H19N3O2S/c1-15-8-4-5-10(15)9-14-12-11(18(2,16)17)6-3-7-13-12/h3,6-7,10H,4-5,8-9H2,1-2H3,(H,13,14). The highest BCUT2D eigenvalue weighted by atomic mass is 32.2. The van der Waals surface area contributed by atoms with Gasteiger partial charge in [-0.05, 0) is 38.6 Å². The first-order chi connectivity index (χ1) is 8.48. The molecule has 0 bridgehead atoms. The molecule has 2 heterocycles. The van der Waals surface area contributed by atoms with Crippen molar-refractivity contribution in [3.63, 3.8) is 0 Å². The van der Waals surface area contributed by atoms with Crippen molar-refractivity contribution in [1.82, 2.24) is 9.88 Å². The smallest absolute Gasteiger partial charge is 0.179 e. The molecule has 0 spiro atoms. The molecule has 0 amide bonds. The number of likely N-dealkylation sites (tertiary alicyclic amines) is 1. The molecule has 0 aromatic carbocycles. The average Bonchev–Trinajstić information content (AvgIpc) is 2.71. The summed E-state index contributed by atoms with van der Waals surface area (Å²) in [7, 11) is -1.14. The number of pyridine rings is 1. The normalized spacial score (nSPS) is 21.1. The summed E-state index contributed by atoms with van der Waals surface area (Å²) < 4.78 is 23.2. The summed E-state index contributed by atoms with van der Waals surface area (Å²) in [4.78, 5) is 6.68. The summed E-state index contributed by atoms with van der Waals surface area (Å²) in [6.07, 6.45) is 5.15. The van der Waals surface area contributed by atoms with Gasteiger partial charge in [-0.25, -0.2) is 13.4 Å². The Kier molecular flexibility index (Phi) is 3.87. The highest BCUT2D eigenvalue weighted by Crippen LogP contribution is 2.20. The van der Waals surface area contributed by atoms with E-state index >= 15 is 0 Å². The van der Waals surface area contributed by atoms with E-state index in [9.17, 15) is 8.42 Å². The minimum Gasteiger partial charge on any atom is -0.367 e. The second-order valence-electron chi connectivity index (χ2n) is 4.78. The zero-order chi connectivity index (χ0) is 13.2. The average molecular weight is 269 g/mol. The number of hydrogen-bond acceptors (Lipinski definition) is 5. The van der Waals surface area contributed by atoms with E-state index in [1.54, 1.807) is 18.3 Å². The van der Waals surface area contributed by atoms with Crippen LogP contribution in [-0.4, -0.2) is 50.7 Å². The Balaban J connectivity index is 2.10. The van der Waals surface area contributed by atoms with Crippen LogP contribution in [0.1, 0.15) is 12.8 Å². The van der Waals surface area contributed by atoms with Gasteiger partial charge in [0.25, 0.3) is 0 Å². The first kappa shape index (κ1) is 13.3. The lowest BCUT2D eigenvalue weighted by Gasteiger charge is -2.20. The van der Waals surface area contributed by atoms with E-state index < -0.39 is 9.84 Å². The number of anilines is 1. The molecule has 0 aliphatic carbocycles. The van der Waals surface area contributed by atoms with Crippen molar-refractivity contribution in [1.29, 1.82) is 0 Å². The first-order valence-corrected chi connectivity index (χ1v) is 7.97. The predicted octanol–water partition coefficient (Wildman–Crippen LogP) is 0.991. The number of sulfone groups is 1. The molecular formula is C12H19N3O2S. The van der Waals surface area contributed by atoms with Crippen molar-refractivity contribution in [2.45, 2.75) is 23.8 Å².